The number of pyridine rings is 1. The number of allylic oxidation sites excluding steroid dienone is 2. The van der Waals surface area contributed by atoms with Crippen LogP contribution in [0.25, 0.3) is 21.6 Å². The number of hydrogen-bond acceptors (Lipinski definition) is 11. The molecule has 0 bridgehead atoms. The minimum absolute atomic E-state index is 0.0290. The smallest absolute Gasteiger partial charge is 0.416 e. The van der Waals surface area contributed by atoms with Crippen LogP contribution >= 0.6 is 11.3 Å². The Bertz CT molecular complexity index is 2550. The van der Waals surface area contributed by atoms with E-state index in [0.717, 1.165) is 23.4 Å². The van der Waals surface area contributed by atoms with Crippen LogP contribution < -0.4 is 25.2 Å². The summed E-state index contributed by atoms with van der Waals surface area (Å²) >= 11 is 1.44. The van der Waals surface area contributed by atoms with Crippen LogP contribution in [0.15, 0.2) is 53.9 Å². The van der Waals surface area contributed by atoms with E-state index >= 15 is 0 Å². The quantitative estimate of drug-likeness (QED) is 0.0473. The van der Waals surface area contributed by atoms with Crippen molar-refractivity contribution in [2.75, 3.05) is 19.0 Å². The van der Waals surface area contributed by atoms with Gasteiger partial charge >= 0.3 is 6.18 Å². The second-order valence-corrected chi connectivity index (χ2v) is 19.9. The Morgan fingerprint density at radius 3 is 2.48 bits per heavy atom. The number of hydrogen-bond donors (Lipinski definition) is 3. The molecule has 5 atom stereocenters. The molecule has 3 amide bonds. The van der Waals surface area contributed by atoms with Crippen molar-refractivity contribution >= 4 is 55.7 Å². The van der Waals surface area contributed by atoms with Crippen LogP contribution in [0.5, 0.6) is 11.5 Å². The SMILES string of the molecule is COc1ccc2c(O[C@@H]3C[C@@H](C(N)=O)N(C(=O)[C@H](CCCCC/C=C\[C@@H]4C[C@@H]4C(=O)NS(=O)(=O)C4CC4)Nc4cc(F)cc(C(F)(F)F)c4)C3)cc(-c3nc(C(C)C)cs3)nc2c1C. The van der Waals surface area contributed by atoms with Crippen molar-refractivity contribution in [3.8, 4) is 22.2 Å². The lowest BCUT2D eigenvalue weighted by Crippen LogP contribution is -2.49. The number of nitrogens with two attached hydrogens (primary N) is 1. The first-order valence-electron chi connectivity index (χ1n) is 21.4. The number of nitrogens with one attached hydrogen (secondary N) is 2. The number of rotatable bonds is 19. The summed E-state index contributed by atoms with van der Waals surface area (Å²) in [6.07, 6.45) is 2.41. The van der Waals surface area contributed by atoms with Gasteiger partial charge < -0.3 is 25.4 Å². The van der Waals surface area contributed by atoms with Gasteiger partial charge in [-0.15, -0.1) is 11.3 Å². The minimum Gasteiger partial charge on any atom is -0.496 e. The van der Waals surface area contributed by atoms with E-state index in [1.54, 1.807) is 19.2 Å². The zero-order valence-corrected chi connectivity index (χ0v) is 37.5. The van der Waals surface area contributed by atoms with Gasteiger partial charge in [-0.3, -0.25) is 19.1 Å². The number of aryl methyl sites for hydroxylation is 1. The fourth-order valence-electron chi connectivity index (χ4n) is 8.01. The molecule has 2 aliphatic carbocycles. The Morgan fingerprint density at radius 2 is 1.81 bits per heavy atom. The van der Waals surface area contributed by atoms with E-state index in [4.69, 9.17) is 25.2 Å². The van der Waals surface area contributed by atoms with Crippen LogP contribution in [0.2, 0.25) is 0 Å². The van der Waals surface area contributed by atoms with Crippen molar-refractivity contribution in [2.45, 2.75) is 114 Å². The number of likely N-dealkylation sites (tertiary alicyclic amines) is 1. The Balaban J connectivity index is 1.06. The van der Waals surface area contributed by atoms with Crippen molar-refractivity contribution < 1.29 is 49.8 Å². The van der Waals surface area contributed by atoms with Crippen molar-refractivity contribution in [3.05, 3.63) is 76.6 Å². The van der Waals surface area contributed by atoms with Gasteiger partial charge in [0.25, 0.3) is 0 Å². The van der Waals surface area contributed by atoms with Gasteiger partial charge in [0, 0.05) is 40.4 Å². The molecule has 7 rings (SSSR count). The number of fused-ring (bicyclic) bond motifs is 1. The molecular formula is C45H52F4N6O7S2. The molecule has 1 aliphatic heterocycles. The molecule has 2 saturated carbocycles. The van der Waals surface area contributed by atoms with Crippen molar-refractivity contribution in [3.63, 3.8) is 0 Å². The summed E-state index contributed by atoms with van der Waals surface area (Å²) in [5, 5.41) is 5.65. The molecule has 344 valence electrons. The average Bonchev–Trinajstić information content (AvgIpc) is 4.14. The van der Waals surface area contributed by atoms with E-state index in [2.05, 4.69) is 10.0 Å². The Labute approximate surface area is 373 Å². The van der Waals surface area contributed by atoms with Gasteiger partial charge in [-0.05, 0) is 87.6 Å². The molecule has 2 aromatic carbocycles. The van der Waals surface area contributed by atoms with Gasteiger partial charge in [0.15, 0.2) is 0 Å². The molecule has 4 aromatic rings. The number of ether oxygens (including phenoxy) is 2. The number of unbranched alkanes of at least 4 members (excludes halogenated alkanes) is 3. The molecule has 19 heteroatoms. The largest absolute Gasteiger partial charge is 0.496 e. The first-order valence-corrected chi connectivity index (χ1v) is 23.8. The number of benzene rings is 2. The van der Waals surface area contributed by atoms with Crippen molar-refractivity contribution in [2.24, 2.45) is 17.6 Å². The zero-order chi connectivity index (χ0) is 46.1. The van der Waals surface area contributed by atoms with E-state index in [1.165, 1.54) is 16.2 Å². The number of nitrogens with zero attached hydrogens (tertiary/aromatic N) is 3. The molecule has 3 fully saturated rings. The van der Waals surface area contributed by atoms with Gasteiger partial charge in [-0.2, -0.15) is 13.2 Å². The lowest BCUT2D eigenvalue weighted by molar-refractivity contribution is -0.138. The maximum atomic E-state index is 14.6. The summed E-state index contributed by atoms with van der Waals surface area (Å²) in [5.41, 5.74) is 7.24. The summed E-state index contributed by atoms with van der Waals surface area (Å²) < 4.78 is 94.4. The first-order chi connectivity index (χ1) is 30.3. The number of primary amides is 1. The molecular weight excluding hydrogens is 877 g/mol. The van der Waals surface area contributed by atoms with Crippen molar-refractivity contribution in [1.82, 2.24) is 19.6 Å². The third-order valence-corrected chi connectivity index (χ3v) is 14.6. The zero-order valence-electron chi connectivity index (χ0n) is 35.9. The number of aromatic nitrogens is 2. The number of anilines is 1. The van der Waals surface area contributed by atoms with E-state index in [9.17, 15) is 40.4 Å². The number of alkyl halides is 3. The normalized spacial score (nSPS) is 20.5. The van der Waals surface area contributed by atoms with Gasteiger partial charge in [-0.1, -0.05) is 38.8 Å². The molecule has 3 aliphatic rings. The Morgan fingerprint density at radius 1 is 1.05 bits per heavy atom. The third-order valence-electron chi connectivity index (χ3n) is 11.9. The van der Waals surface area contributed by atoms with Crippen LogP contribution in [0, 0.1) is 24.6 Å². The molecule has 0 unspecified atom stereocenters. The number of amides is 3. The summed E-state index contributed by atoms with van der Waals surface area (Å²) in [7, 11) is -2.04. The highest BCUT2D eigenvalue weighted by Crippen LogP contribution is 2.41. The van der Waals surface area contributed by atoms with Crippen LogP contribution in [0.3, 0.4) is 0 Å². The number of thiazole rings is 1. The van der Waals surface area contributed by atoms with E-state index in [0.29, 0.717) is 84.1 Å². The predicted octanol–water partition coefficient (Wildman–Crippen LogP) is 8.02. The van der Waals surface area contributed by atoms with Gasteiger partial charge in [-0.25, -0.2) is 22.8 Å². The molecule has 64 heavy (non-hydrogen) atoms. The van der Waals surface area contributed by atoms with Crippen LogP contribution in [-0.4, -0.2) is 78.1 Å². The highest BCUT2D eigenvalue weighted by Gasteiger charge is 2.45. The van der Waals surface area contributed by atoms with E-state index in [1.807, 2.05) is 44.4 Å². The van der Waals surface area contributed by atoms with Gasteiger partial charge in [0.2, 0.25) is 27.7 Å². The topological polar surface area (TPSA) is 183 Å². The minimum atomic E-state index is -4.85. The predicted molar refractivity (Wildman–Crippen MR) is 235 cm³/mol. The molecule has 13 nitrogen and oxygen atoms in total. The average molecular weight is 929 g/mol. The first kappa shape index (κ1) is 46.7. The Hall–Kier alpha value is -5.30. The molecule has 2 aromatic heterocycles. The number of carbonyl (C=O) groups is 3. The molecule has 0 radical (unpaired) electrons. The molecule has 1 saturated heterocycles. The van der Waals surface area contributed by atoms with Gasteiger partial charge in [0.1, 0.15) is 46.2 Å². The Kier molecular flexibility index (Phi) is 13.9. The number of carbonyl (C=O) groups excluding carboxylic acids is 3. The molecule has 4 N–H and O–H groups in total. The van der Waals surface area contributed by atoms with E-state index < -0.39 is 68.7 Å². The fraction of sp³-hybridized carbons (Fsp3) is 0.489. The number of halogens is 4. The van der Waals surface area contributed by atoms with E-state index in [-0.39, 0.29) is 42.8 Å². The fourth-order valence-corrected chi connectivity index (χ4v) is 10.3. The lowest BCUT2D eigenvalue weighted by Gasteiger charge is -2.28. The van der Waals surface area contributed by atoms with Crippen LogP contribution in [0.1, 0.15) is 94.4 Å². The molecule has 3 heterocycles. The highest BCUT2D eigenvalue weighted by molar-refractivity contribution is 7.90. The maximum absolute atomic E-state index is 14.6. The number of sulfonamides is 1. The van der Waals surface area contributed by atoms with Crippen LogP contribution in [-0.2, 0) is 30.6 Å². The highest BCUT2D eigenvalue weighted by atomic mass is 32.2. The van der Waals surface area contributed by atoms with Crippen LogP contribution in [0.4, 0.5) is 23.2 Å². The standard InChI is InChI=1S/C45H52F4N6O7S2/c1-24(2)36-23-63-43(53-36)35-21-39(32-14-15-38(61-4)25(3)40(32)52-35)62-30-20-37(41(50)56)55(22-30)44(58)34(51-29-18-27(45(47,48)49)17-28(46)19-29)11-9-7-5-6-8-10-26-16-33(26)42(57)54-64(59,60)31-12-13-31/h8,10,14-15,17-19,21,23-24,26,30-31,33-34,37,51H,5-7,9,11-13,16,20,22H2,1-4H3,(H2,50,56)(H,54,57)/b10-8-/t26-,30-,33+,34+,37+/m1/s1. The van der Waals surface area contributed by atoms with Crippen molar-refractivity contribution in [1.29, 1.82) is 0 Å². The lowest BCUT2D eigenvalue weighted by atomic mass is 10.0. The maximum Gasteiger partial charge on any atom is 0.416 e. The second-order valence-electron chi connectivity index (χ2n) is 17.1. The number of methoxy groups -OCH3 is 1. The second kappa shape index (κ2) is 19.0. The van der Waals surface area contributed by atoms with Gasteiger partial charge in [0.05, 0.1) is 35.7 Å². The summed E-state index contributed by atoms with van der Waals surface area (Å²) in [6.45, 7) is 5.88. The molecule has 0 spiro atoms. The summed E-state index contributed by atoms with van der Waals surface area (Å²) in [6, 6.07) is 5.08. The third kappa shape index (κ3) is 11.0. The monoisotopic (exact) mass is 928 g/mol. The summed E-state index contributed by atoms with van der Waals surface area (Å²) in [5.74, 6) is -2.24. The summed E-state index contributed by atoms with van der Waals surface area (Å²) in [4.78, 5) is 50.9.